The van der Waals surface area contributed by atoms with Crippen LogP contribution in [-0.2, 0) is 15.5 Å². The second-order valence-electron chi connectivity index (χ2n) is 6.85. The molecule has 0 bridgehead atoms. The van der Waals surface area contributed by atoms with E-state index in [-0.39, 0.29) is 24.1 Å². The monoisotopic (exact) mass is 359 g/mol. The predicted octanol–water partition coefficient (Wildman–Crippen LogP) is 4.76. The van der Waals surface area contributed by atoms with Crippen LogP contribution in [0, 0.1) is 11.8 Å². The van der Waals surface area contributed by atoms with Crippen molar-refractivity contribution in [2.75, 3.05) is 11.5 Å². The van der Waals surface area contributed by atoms with Gasteiger partial charge in [0.05, 0.1) is 0 Å². The lowest BCUT2D eigenvalue weighted by molar-refractivity contribution is -0.119. The van der Waals surface area contributed by atoms with E-state index in [0.717, 1.165) is 5.56 Å². The summed E-state index contributed by atoms with van der Waals surface area (Å²) in [5, 5.41) is 2.86. The fourth-order valence-electron chi connectivity index (χ4n) is 2.88. The molecule has 2 aromatic carbocycles. The third-order valence-electron chi connectivity index (χ3n) is 3.95. The summed E-state index contributed by atoms with van der Waals surface area (Å²) >= 11 is 0. The Morgan fingerprint density at radius 2 is 1.60 bits per heavy atom. The second-order valence-corrected chi connectivity index (χ2v) is 9.23. The molecule has 25 heavy (non-hydrogen) atoms. The molecule has 0 radical (unpaired) electrons. The molecule has 0 aromatic heterocycles. The first-order chi connectivity index (χ1) is 11.9. The van der Waals surface area contributed by atoms with Crippen molar-refractivity contribution in [2.24, 2.45) is 11.8 Å². The number of rotatable bonds is 8. The number of amides is 1. The first-order valence-corrected chi connectivity index (χ1v) is 10.6. The molecule has 2 unspecified atom stereocenters. The molecular weight excluding hydrogens is 333 g/mol. The van der Waals surface area contributed by atoms with Crippen molar-refractivity contribution in [3.8, 4) is 0 Å². The molecule has 5 heteroatoms. The van der Waals surface area contributed by atoms with Gasteiger partial charge in [0.1, 0.15) is 0 Å². The topological polar surface area (TPSA) is 66.4 Å². The quantitative estimate of drug-likeness (QED) is 0.668. The zero-order chi connectivity index (χ0) is 18.3. The molecule has 2 atom stereocenters. The Morgan fingerprint density at radius 3 is 2.16 bits per heavy atom. The summed E-state index contributed by atoms with van der Waals surface area (Å²) in [4.78, 5) is 23.1. The SMILES string of the molecule is CC(C)CC(CP(=O)(O)Cc1ccccc1)C(=O)Nc1ccccc1. The lowest BCUT2D eigenvalue weighted by Gasteiger charge is -2.22. The van der Waals surface area contributed by atoms with E-state index in [1.807, 2.05) is 74.5 Å². The molecule has 0 aliphatic rings. The van der Waals surface area contributed by atoms with Crippen LogP contribution in [0.5, 0.6) is 0 Å². The van der Waals surface area contributed by atoms with E-state index in [1.54, 1.807) is 0 Å². The van der Waals surface area contributed by atoms with E-state index < -0.39 is 13.3 Å². The van der Waals surface area contributed by atoms with Gasteiger partial charge >= 0.3 is 0 Å². The number of benzene rings is 2. The molecule has 0 saturated carbocycles. The van der Waals surface area contributed by atoms with E-state index >= 15 is 0 Å². The summed E-state index contributed by atoms with van der Waals surface area (Å²) in [7, 11) is -3.45. The van der Waals surface area contributed by atoms with Crippen LogP contribution in [0.25, 0.3) is 0 Å². The highest BCUT2D eigenvalue weighted by Gasteiger charge is 2.29. The number of para-hydroxylation sites is 1. The maximum absolute atomic E-state index is 12.7. The third kappa shape index (κ3) is 6.85. The van der Waals surface area contributed by atoms with E-state index in [1.165, 1.54) is 0 Å². The van der Waals surface area contributed by atoms with Crippen LogP contribution in [0.3, 0.4) is 0 Å². The standard InChI is InChI=1S/C20H26NO3P/c1-16(2)13-18(20(22)21-19-11-7-4-8-12-19)15-25(23,24)14-17-9-5-3-6-10-17/h3-12,16,18H,13-15H2,1-2H3,(H,21,22)(H,23,24). The number of hydrogen-bond acceptors (Lipinski definition) is 2. The summed E-state index contributed by atoms with van der Waals surface area (Å²) in [6, 6.07) is 18.4. The molecule has 2 aromatic rings. The van der Waals surface area contributed by atoms with Crippen molar-refractivity contribution in [2.45, 2.75) is 26.4 Å². The number of carbonyl (C=O) groups excluding carboxylic acids is 1. The average molecular weight is 359 g/mol. The van der Waals surface area contributed by atoms with Crippen molar-refractivity contribution < 1.29 is 14.3 Å². The van der Waals surface area contributed by atoms with Gasteiger partial charge < -0.3 is 10.2 Å². The van der Waals surface area contributed by atoms with E-state index in [0.29, 0.717) is 12.1 Å². The minimum Gasteiger partial charge on any atom is -0.344 e. The zero-order valence-electron chi connectivity index (χ0n) is 14.8. The number of carbonyl (C=O) groups is 1. The lowest BCUT2D eigenvalue weighted by atomic mass is 9.98. The van der Waals surface area contributed by atoms with Crippen molar-refractivity contribution in [3.05, 3.63) is 66.2 Å². The molecule has 0 spiro atoms. The van der Waals surface area contributed by atoms with Gasteiger partial charge in [0.25, 0.3) is 0 Å². The maximum Gasteiger partial charge on any atom is 0.228 e. The lowest BCUT2D eigenvalue weighted by Crippen LogP contribution is -2.27. The van der Waals surface area contributed by atoms with Crippen molar-refractivity contribution in [3.63, 3.8) is 0 Å². The van der Waals surface area contributed by atoms with Crippen LogP contribution in [-0.4, -0.2) is 17.0 Å². The highest BCUT2D eigenvalue weighted by atomic mass is 31.2. The number of nitrogens with one attached hydrogen (secondary N) is 1. The van der Waals surface area contributed by atoms with Gasteiger partial charge in [-0.3, -0.25) is 9.36 Å². The molecule has 0 aliphatic heterocycles. The molecule has 134 valence electrons. The fourth-order valence-corrected chi connectivity index (χ4v) is 4.79. The summed E-state index contributed by atoms with van der Waals surface area (Å²) in [5.74, 6) is -0.412. The van der Waals surface area contributed by atoms with Gasteiger partial charge in [0, 0.05) is 23.9 Å². The molecule has 2 rings (SSSR count). The summed E-state index contributed by atoms with van der Waals surface area (Å²) in [6.45, 7) is 4.03. The second kappa shape index (κ2) is 8.98. The summed E-state index contributed by atoms with van der Waals surface area (Å²) in [5.41, 5.74) is 1.53. The van der Waals surface area contributed by atoms with Crippen molar-refractivity contribution in [1.82, 2.24) is 0 Å². The molecular formula is C20H26NO3P. The highest BCUT2D eigenvalue weighted by Crippen LogP contribution is 2.47. The van der Waals surface area contributed by atoms with Gasteiger partial charge in [-0.25, -0.2) is 0 Å². The van der Waals surface area contributed by atoms with Crippen LogP contribution in [0.15, 0.2) is 60.7 Å². The van der Waals surface area contributed by atoms with E-state index in [9.17, 15) is 14.3 Å². The molecule has 4 nitrogen and oxygen atoms in total. The molecule has 0 heterocycles. The normalized spacial score (nSPS) is 14.7. The highest BCUT2D eigenvalue weighted by molar-refractivity contribution is 7.57. The summed E-state index contributed by atoms with van der Waals surface area (Å²) in [6.07, 6.45) is 0.678. The molecule has 0 aliphatic carbocycles. The van der Waals surface area contributed by atoms with Gasteiger partial charge in [-0.1, -0.05) is 62.4 Å². The largest absolute Gasteiger partial charge is 0.344 e. The van der Waals surface area contributed by atoms with Gasteiger partial charge in [-0.05, 0) is 30.0 Å². The minimum absolute atomic E-state index is 0.00125. The van der Waals surface area contributed by atoms with Crippen LogP contribution in [0.2, 0.25) is 0 Å². The predicted molar refractivity (Wildman–Crippen MR) is 103 cm³/mol. The Hall–Kier alpha value is -1.90. The Labute approximate surface area is 149 Å². The molecule has 0 saturated heterocycles. The first kappa shape index (κ1) is 19.4. The van der Waals surface area contributed by atoms with Crippen LogP contribution < -0.4 is 5.32 Å². The smallest absolute Gasteiger partial charge is 0.228 e. The van der Waals surface area contributed by atoms with Crippen molar-refractivity contribution in [1.29, 1.82) is 0 Å². The minimum atomic E-state index is -3.45. The Bertz CT molecular complexity index is 716. The third-order valence-corrected chi connectivity index (χ3v) is 5.82. The summed E-state index contributed by atoms with van der Waals surface area (Å²) < 4.78 is 12.7. The average Bonchev–Trinajstić information content (AvgIpc) is 2.55. The Balaban J connectivity index is 2.08. The molecule has 0 fully saturated rings. The zero-order valence-corrected chi connectivity index (χ0v) is 15.7. The fraction of sp³-hybridized carbons (Fsp3) is 0.350. The van der Waals surface area contributed by atoms with Crippen molar-refractivity contribution >= 4 is 19.0 Å². The number of anilines is 1. The molecule has 1 amide bonds. The Kier molecular flexibility index (Phi) is 6.98. The van der Waals surface area contributed by atoms with Crippen LogP contribution in [0.4, 0.5) is 5.69 Å². The van der Waals surface area contributed by atoms with Crippen LogP contribution >= 0.6 is 7.37 Å². The Morgan fingerprint density at radius 1 is 1.04 bits per heavy atom. The van der Waals surface area contributed by atoms with Gasteiger partial charge in [0.2, 0.25) is 13.3 Å². The maximum atomic E-state index is 12.7. The van der Waals surface area contributed by atoms with Gasteiger partial charge in [-0.15, -0.1) is 0 Å². The van der Waals surface area contributed by atoms with Gasteiger partial charge in [-0.2, -0.15) is 0 Å². The van der Waals surface area contributed by atoms with E-state index in [4.69, 9.17) is 0 Å². The van der Waals surface area contributed by atoms with Crippen LogP contribution in [0.1, 0.15) is 25.8 Å². The number of hydrogen-bond donors (Lipinski definition) is 2. The van der Waals surface area contributed by atoms with Gasteiger partial charge in [0.15, 0.2) is 0 Å². The molecule has 2 N–H and O–H groups in total. The van der Waals surface area contributed by atoms with E-state index in [2.05, 4.69) is 5.32 Å². The first-order valence-electron chi connectivity index (χ1n) is 8.56.